The molecule has 3 nitrogen and oxygen atoms in total. The second kappa shape index (κ2) is 4.35. The summed E-state index contributed by atoms with van der Waals surface area (Å²) >= 11 is 0. The molecule has 1 aliphatic heterocycles. The van der Waals surface area contributed by atoms with E-state index in [4.69, 9.17) is 10.7 Å². The maximum absolute atomic E-state index is 5.63. The molecule has 1 aromatic heterocycles. The van der Waals surface area contributed by atoms with Crippen LogP contribution in [0.25, 0.3) is 0 Å². The van der Waals surface area contributed by atoms with Crippen molar-refractivity contribution in [3.8, 4) is 0 Å². The van der Waals surface area contributed by atoms with E-state index in [1.807, 2.05) is 0 Å². The minimum absolute atomic E-state index is 0.538. The van der Waals surface area contributed by atoms with Crippen molar-refractivity contribution in [2.24, 2.45) is 5.73 Å². The Balaban J connectivity index is 2.40. The summed E-state index contributed by atoms with van der Waals surface area (Å²) < 4.78 is 2.41. The van der Waals surface area contributed by atoms with Crippen LogP contribution in [-0.4, -0.2) is 16.1 Å². The second-order valence-corrected chi connectivity index (χ2v) is 4.66. The molecular weight excluding hydrogens is 186 g/mol. The predicted molar refractivity (Wildman–Crippen MR) is 62.0 cm³/mol. The van der Waals surface area contributed by atoms with E-state index in [2.05, 4.69) is 18.4 Å². The van der Waals surface area contributed by atoms with Gasteiger partial charge in [-0.2, -0.15) is 0 Å². The van der Waals surface area contributed by atoms with Crippen molar-refractivity contribution < 1.29 is 0 Å². The van der Waals surface area contributed by atoms with Gasteiger partial charge >= 0.3 is 0 Å². The van der Waals surface area contributed by atoms with Crippen LogP contribution in [0.4, 0.5) is 0 Å². The summed E-state index contributed by atoms with van der Waals surface area (Å²) in [5.41, 5.74) is 8.40. The normalized spacial score (nSPS) is 15.7. The first-order valence-electron chi connectivity index (χ1n) is 6.02. The molecule has 0 aromatic carbocycles. The van der Waals surface area contributed by atoms with Gasteiger partial charge in [0.15, 0.2) is 0 Å². The van der Waals surface area contributed by atoms with Gasteiger partial charge in [-0.3, -0.25) is 0 Å². The third kappa shape index (κ3) is 1.93. The number of nitrogens with two attached hydrogens (primary N) is 1. The molecule has 0 atom stereocenters. The van der Waals surface area contributed by atoms with E-state index >= 15 is 0 Å². The Labute approximate surface area is 91.7 Å². The maximum atomic E-state index is 5.63. The number of hydrogen-bond acceptors (Lipinski definition) is 2. The first-order valence-corrected chi connectivity index (χ1v) is 6.02. The molecule has 0 radical (unpaired) electrons. The van der Waals surface area contributed by atoms with Crippen LogP contribution in [0.15, 0.2) is 0 Å². The van der Waals surface area contributed by atoms with Gasteiger partial charge in [-0.1, -0.05) is 13.8 Å². The number of rotatable bonds is 3. The Hall–Kier alpha value is -0.830. The van der Waals surface area contributed by atoms with Gasteiger partial charge in [0, 0.05) is 18.7 Å². The van der Waals surface area contributed by atoms with Gasteiger partial charge in [-0.15, -0.1) is 0 Å². The van der Waals surface area contributed by atoms with Gasteiger partial charge in [0.2, 0.25) is 0 Å². The van der Waals surface area contributed by atoms with Crippen LogP contribution < -0.4 is 5.73 Å². The van der Waals surface area contributed by atoms with Crippen LogP contribution in [0.1, 0.15) is 49.8 Å². The van der Waals surface area contributed by atoms with E-state index in [1.165, 1.54) is 36.5 Å². The Bertz CT molecular complexity index is 339. The van der Waals surface area contributed by atoms with Crippen molar-refractivity contribution in [3.05, 3.63) is 17.2 Å². The minimum atomic E-state index is 0.538. The molecule has 0 unspecified atom stereocenters. The molecule has 3 heteroatoms. The molecule has 2 N–H and O–H groups in total. The van der Waals surface area contributed by atoms with E-state index in [0.717, 1.165) is 13.0 Å². The molecule has 0 saturated carbocycles. The fourth-order valence-corrected chi connectivity index (χ4v) is 2.43. The molecule has 15 heavy (non-hydrogen) atoms. The smallest absolute Gasteiger partial charge is 0.110 e. The van der Waals surface area contributed by atoms with Crippen LogP contribution in [0.2, 0.25) is 0 Å². The number of fused-ring (bicyclic) bond motifs is 1. The summed E-state index contributed by atoms with van der Waals surface area (Å²) in [4.78, 5) is 4.76. The van der Waals surface area contributed by atoms with Crippen LogP contribution in [-0.2, 0) is 19.4 Å². The molecule has 2 heterocycles. The van der Waals surface area contributed by atoms with Crippen LogP contribution >= 0.6 is 0 Å². The lowest BCUT2D eigenvalue weighted by Gasteiger charge is -2.17. The summed E-state index contributed by atoms with van der Waals surface area (Å²) in [6.45, 7) is 6.30. The van der Waals surface area contributed by atoms with E-state index in [9.17, 15) is 0 Å². The lowest BCUT2D eigenvalue weighted by molar-refractivity contribution is 0.511. The largest absolute Gasteiger partial charge is 0.332 e. The molecule has 84 valence electrons. The zero-order chi connectivity index (χ0) is 10.8. The van der Waals surface area contributed by atoms with E-state index < -0.39 is 0 Å². The third-order valence-electron chi connectivity index (χ3n) is 3.14. The van der Waals surface area contributed by atoms with Crippen molar-refractivity contribution in [3.63, 3.8) is 0 Å². The van der Waals surface area contributed by atoms with E-state index in [0.29, 0.717) is 12.5 Å². The van der Waals surface area contributed by atoms with Gasteiger partial charge in [0.05, 0.1) is 5.69 Å². The summed E-state index contributed by atoms with van der Waals surface area (Å²) in [6.07, 6.45) is 4.72. The number of imidazole rings is 1. The zero-order valence-corrected chi connectivity index (χ0v) is 9.79. The Morgan fingerprint density at radius 1 is 1.40 bits per heavy atom. The quantitative estimate of drug-likeness (QED) is 0.822. The molecule has 0 fully saturated rings. The lowest BCUT2D eigenvalue weighted by Crippen LogP contribution is -2.15. The van der Waals surface area contributed by atoms with E-state index in [-0.39, 0.29) is 0 Å². The SMILES string of the molecule is CC(C)c1nc(CCN)n2c1CCCC2. The summed E-state index contributed by atoms with van der Waals surface area (Å²) in [5.74, 6) is 1.74. The number of hydrogen-bond donors (Lipinski definition) is 1. The highest BCUT2D eigenvalue weighted by atomic mass is 15.1. The molecular formula is C12H21N3. The van der Waals surface area contributed by atoms with Gasteiger partial charge in [-0.25, -0.2) is 4.98 Å². The molecule has 0 aliphatic carbocycles. The standard InChI is InChI=1S/C12H21N3/c1-9(2)12-10-5-3-4-8-15(10)11(14-12)6-7-13/h9H,3-8,13H2,1-2H3. The van der Waals surface area contributed by atoms with Crippen molar-refractivity contribution in [1.82, 2.24) is 9.55 Å². The van der Waals surface area contributed by atoms with Crippen molar-refractivity contribution in [2.75, 3.05) is 6.54 Å². The van der Waals surface area contributed by atoms with Crippen LogP contribution in [0.3, 0.4) is 0 Å². The third-order valence-corrected chi connectivity index (χ3v) is 3.14. The van der Waals surface area contributed by atoms with Gasteiger partial charge in [0.1, 0.15) is 5.82 Å². The lowest BCUT2D eigenvalue weighted by atomic mass is 10.0. The average Bonchev–Trinajstić information content (AvgIpc) is 2.59. The second-order valence-electron chi connectivity index (χ2n) is 4.66. The highest BCUT2D eigenvalue weighted by molar-refractivity contribution is 5.22. The summed E-state index contributed by atoms with van der Waals surface area (Å²) in [6, 6.07) is 0. The molecule has 0 amide bonds. The van der Waals surface area contributed by atoms with Crippen molar-refractivity contribution >= 4 is 0 Å². The summed E-state index contributed by atoms with van der Waals surface area (Å²) in [5, 5.41) is 0. The molecule has 1 aliphatic rings. The monoisotopic (exact) mass is 207 g/mol. The first-order chi connectivity index (χ1) is 7.24. The van der Waals surface area contributed by atoms with Crippen LogP contribution in [0.5, 0.6) is 0 Å². The van der Waals surface area contributed by atoms with Gasteiger partial charge in [0.25, 0.3) is 0 Å². The Morgan fingerprint density at radius 2 is 2.20 bits per heavy atom. The molecule has 0 saturated heterocycles. The van der Waals surface area contributed by atoms with Crippen LogP contribution in [0, 0.1) is 0 Å². The molecule has 0 spiro atoms. The molecule has 0 bridgehead atoms. The number of aromatic nitrogens is 2. The Kier molecular flexibility index (Phi) is 3.10. The average molecular weight is 207 g/mol. The highest BCUT2D eigenvalue weighted by Crippen LogP contribution is 2.26. The number of nitrogens with zero attached hydrogens (tertiary/aromatic N) is 2. The van der Waals surface area contributed by atoms with E-state index in [1.54, 1.807) is 0 Å². The fourth-order valence-electron chi connectivity index (χ4n) is 2.43. The summed E-state index contributed by atoms with van der Waals surface area (Å²) in [7, 11) is 0. The van der Waals surface area contributed by atoms with Crippen molar-refractivity contribution in [2.45, 2.75) is 52.0 Å². The molecule has 1 aromatic rings. The zero-order valence-electron chi connectivity index (χ0n) is 9.79. The maximum Gasteiger partial charge on any atom is 0.110 e. The first kappa shape index (κ1) is 10.7. The fraction of sp³-hybridized carbons (Fsp3) is 0.750. The van der Waals surface area contributed by atoms with Gasteiger partial charge in [-0.05, 0) is 31.7 Å². The predicted octanol–water partition coefficient (Wildman–Crippen LogP) is 1.84. The highest BCUT2D eigenvalue weighted by Gasteiger charge is 2.20. The Morgan fingerprint density at radius 3 is 2.87 bits per heavy atom. The molecule has 2 rings (SSSR count). The minimum Gasteiger partial charge on any atom is -0.332 e. The van der Waals surface area contributed by atoms with Gasteiger partial charge < -0.3 is 10.3 Å². The topological polar surface area (TPSA) is 43.8 Å². The van der Waals surface area contributed by atoms with Crippen molar-refractivity contribution in [1.29, 1.82) is 0 Å².